The van der Waals surface area contributed by atoms with Crippen molar-refractivity contribution in [2.75, 3.05) is 6.54 Å². The average Bonchev–Trinajstić information content (AvgIpc) is 2.35. The molecular weight excluding hydrogens is 166 g/mol. The summed E-state index contributed by atoms with van der Waals surface area (Å²) in [6, 6.07) is 2.22. The maximum Gasteiger partial charge on any atom is 0.00516 e. The zero-order valence-electron chi connectivity index (χ0n) is 8.05. The molecule has 0 amide bonds. The summed E-state index contributed by atoms with van der Waals surface area (Å²) in [5.41, 5.74) is 7.28. The maximum absolute atomic E-state index is 5.57. The van der Waals surface area contributed by atoms with Crippen LogP contribution in [-0.2, 0) is 5.41 Å². The van der Waals surface area contributed by atoms with Crippen molar-refractivity contribution in [3.05, 3.63) is 21.9 Å². The zero-order chi connectivity index (χ0) is 9.19. The lowest BCUT2D eigenvalue weighted by molar-refractivity contribution is 0.487. The molecular formula is C10H17NS. The van der Waals surface area contributed by atoms with Gasteiger partial charge in [-0.25, -0.2) is 0 Å². The molecule has 0 aliphatic carbocycles. The molecule has 0 atom stereocenters. The first-order chi connectivity index (χ1) is 5.58. The summed E-state index contributed by atoms with van der Waals surface area (Å²) in [5.74, 6) is 0. The third-order valence-corrected chi connectivity index (χ3v) is 3.20. The van der Waals surface area contributed by atoms with Gasteiger partial charge in [-0.1, -0.05) is 13.8 Å². The molecule has 0 spiro atoms. The number of nitrogens with two attached hydrogens (primary N) is 1. The van der Waals surface area contributed by atoms with Gasteiger partial charge in [0, 0.05) is 4.88 Å². The second-order valence-electron chi connectivity index (χ2n) is 3.81. The lowest BCUT2D eigenvalue weighted by Gasteiger charge is -2.24. The largest absolute Gasteiger partial charge is 0.330 e. The summed E-state index contributed by atoms with van der Waals surface area (Å²) in [4.78, 5) is 1.42. The summed E-state index contributed by atoms with van der Waals surface area (Å²) in [6.45, 7) is 7.46. The van der Waals surface area contributed by atoms with Gasteiger partial charge in [0.2, 0.25) is 0 Å². The van der Waals surface area contributed by atoms with Gasteiger partial charge in [-0.15, -0.1) is 11.3 Å². The minimum atomic E-state index is 0.249. The molecule has 2 N–H and O–H groups in total. The normalized spacial score (nSPS) is 12.0. The van der Waals surface area contributed by atoms with Gasteiger partial charge in [0.15, 0.2) is 0 Å². The van der Waals surface area contributed by atoms with Crippen LogP contribution in [0.4, 0.5) is 0 Å². The molecule has 1 rings (SSSR count). The van der Waals surface area contributed by atoms with E-state index < -0.39 is 0 Å². The first kappa shape index (κ1) is 9.75. The monoisotopic (exact) mass is 183 g/mol. The first-order valence-corrected chi connectivity index (χ1v) is 5.20. The van der Waals surface area contributed by atoms with E-state index in [0.717, 1.165) is 13.0 Å². The molecule has 0 bridgehead atoms. The van der Waals surface area contributed by atoms with Crippen LogP contribution in [0.25, 0.3) is 0 Å². The number of aryl methyl sites for hydroxylation is 1. The van der Waals surface area contributed by atoms with Crippen molar-refractivity contribution in [1.29, 1.82) is 0 Å². The van der Waals surface area contributed by atoms with Crippen molar-refractivity contribution in [2.45, 2.75) is 32.6 Å². The Morgan fingerprint density at radius 3 is 2.58 bits per heavy atom. The summed E-state index contributed by atoms with van der Waals surface area (Å²) < 4.78 is 0. The van der Waals surface area contributed by atoms with Crippen molar-refractivity contribution >= 4 is 11.3 Å². The van der Waals surface area contributed by atoms with Crippen LogP contribution >= 0.6 is 11.3 Å². The number of rotatable bonds is 3. The van der Waals surface area contributed by atoms with Crippen LogP contribution in [0.3, 0.4) is 0 Å². The van der Waals surface area contributed by atoms with Gasteiger partial charge in [0.25, 0.3) is 0 Å². The lowest BCUT2D eigenvalue weighted by atomic mass is 9.82. The SMILES string of the molecule is Cc1sccc1C(C)(C)CCN. The molecule has 1 heterocycles. The van der Waals surface area contributed by atoms with Crippen LogP contribution in [0, 0.1) is 6.92 Å². The van der Waals surface area contributed by atoms with Crippen molar-refractivity contribution in [3.8, 4) is 0 Å². The van der Waals surface area contributed by atoms with E-state index in [-0.39, 0.29) is 5.41 Å². The third kappa shape index (κ3) is 1.87. The molecule has 0 fully saturated rings. The van der Waals surface area contributed by atoms with Crippen LogP contribution in [0.2, 0.25) is 0 Å². The maximum atomic E-state index is 5.57. The highest BCUT2D eigenvalue weighted by Crippen LogP contribution is 2.31. The molecule has 12 heavy (non-hydrogen) atoms. The van der Waals surface area contributed by atoms with Gasteiger partial charge in [-0.3, -0.25) is 0 Å². The topological polar surface area (TPSA) is 26.0 Å². The molecule has 2 heteroatoms. The molecule has 1 nitrogen and oxygen atoms in total. The molecule has 0 radical (unpaired) electrons. The first-order valence-electron chi connectivity index (χ1n) is 4.32. The van der Waals surface area contributed by atoms with Gasteiger partial charge >= 0.3 is 0 Å². The highest BCUT2D eigenvalue weighted by molar-refractivity contribution is 7.10. The Bertz CT molecular complexity index is 250. The van der Waals surface area contributed by atoms with Crippen LogP contribution in [0.5, 0.6) is 0 Å². The Hall–Kier alpha value is -0.340. The van der Waals surface area contributed by atoms with Crippen LogP contribution in [0.1, 0.15) is 30.7 Å². The second-order valence-corrected chi connectivity index (χ2v) is 4.93. The Labute approximate surface area is 78.6 Å². The number of hydrogen-bond acceptors (Lipinski definition) is 2. The highest BCUT2D eigenvalue weighted by atomic mass is 32.1. The third-order valence-electron chi connectivity index (χ3n) is 2.36. The molecule has 0 unspecified atom stereocenters. The minimum Gasteiger partial charge on any atom is -0.330 e. The predicted molar refractivity (Wildman–Crippen MR) is 55.8 cm³/mol. The van der Waals surface area contributed by atoms with Crippen LogP contribution in [0.15, 0.2) is 11.4 Å². The smallest absolute Gasteiger partial charge is 0.00516 e. The van der Waals surface area contributed by atoms with Crippen LogP contribution in [-0.4, -0.2) is 6.54 Å². The van der Waals surface area contributed by atoms with Crippen molar-refractivity contribution in [1.82, 2.24) is 0 Å². The minimum absolute atomic E-state index is 0.249. The van der Waals surface area contributed by atoms with Crippen LogP contribution < -0.4 is 5.73 Å². The summed E-state index contributed by atoms with van der Waals surface area (Å²) in [7, 11) is 0. The highest BCUT2D eigenvalue weighted by Gasteiger charge is 2.21. The van der Waals surface area contributed by atoms with E-state index in [2.05, 4.69) is 32.2 Å². The molecule has 0 saturated heterocycles. The number of thiophene rings is 1. The van der Waals surface area contributed by atoms with E-state index in [9.17, 15) is 0 Å². The molecule has 0 saturated carbocycles. The van der Waals surface area contributed by atoms with Gasteiger partial charge in [0.1, 0.15) is 0 Å². The van der Waals surface area contributed by atoms with E-state index in [4.69, 9.17) is 5.73 Å². The number of hydrogen-bond donors (Lipinski definition) is 1. The fourth-order valence-electron chi connectivity index (χ4n) is 1.58. The van der Waals surface area contributed by atoms with Gasteiger partial charge in [-0.2, -0.15) is 0 Å². The standard InChI is InChI=1S/C10H17NS/c1-8-9(4-7-12-8)10(2,3)5-6-11/h4,7H,5-6,11H2,1-3H3. The quantitative estimate of drug-likeness (QED) is 0.766. The Kier molecular flexibility index (Phi) is 2.91. The van der Waals surface area contributed by atoms with E-state index in [1.807, 2.05) is 11.3 Å². The fraction of sp³-hybridized carbons (Fsp3) is 0.600. The van der Waals surface area contributed by atoms with Crippen molar-refractivity contribution in [2.24, 2.45) is 5.73 Å². The second kappa shape index (κ2) is 3.58. The molecule has 68 valence electrons. The molecule has 0 aromatic carbocycles. The molecule has 0 aliphatic rings. The van der Waals surface area contributed by atoms with Gasteiger partial charge in [-0.05, 0) is 42.3 Å². The van der Waals surface area contributed by atoms with Crippen molar-refractivity contribution in [3.63, 3.8) is 0 Å². The molecule has 1 aromatic heterocycles. The van der Waals surface area contributed by atoms with E-state index >= 15 is 0 Å². The van der Waals surface area contributed by atoms with E-state index in [1.165, 1.54) is 10.4 Å². The Balaban J connectivity index is 2.88. The fourth-order valence-corrected chi connectivity index (χ4v) is 2.46. The van der Waals surface area contributed by atoms with Gasteiger partial charge < -0.3 is 5.73 Å². The lowest BCUT2D eigenvalue weighted by Crippen LogP contribution is -2.21. The Morgan fingerprint density at radius 1 is 1.50 bits per heavy atom. The molecule has 1 aromatic rings. The summed E-state index contributed by atoms with van der Waals surface area (Å²) in [5, 5.41) is 2.16. The summed E-state index contributed by atoms with van der Waals surface area (Å²) in [6.07, 6.45) is 1.06. The predicted octanol–water partition coefficient (Wildman–Crippen LogP) is 2.68. The van der Waals surface area contributed by atoms with E-state index in [0.29, 0.717) is 0 Å². The van der Waals surface area contributed by atoms with Crippen molar-refractivity contribution < 1.29 is 0 Å². The van der Waals surface area contributed by atoms with E-state index in [1.54, 1.807) is 0 Å². The average molecular weight is 183 g/mol. The molecule has 0 aliphatic heterocycles. The summed E-state index contributed by atoms with van der Waals surface area (Å²) >= 11 is 1.82. The Morgan fingerprint density at radius 2 is 2.17 bits per heavy atom. The van der Waals surface area contributed by atoms with Gasteiger partial charge in [0.05, 0.1) is 0 Å². The zero-order valence-corrected chi connectivity index (χ0v) is 8.87.